The van der Waals surface area contributed by atoms with E-state index in [-0.39, 0.29) is 5.76 Å². The Morgan fingerprint density at radius 3 is 2.38 bits per heavy atom. The van der Waals surface area contributed by atoms with Crippen molar-refractivity contribution in [2.24, 2.45) is 0 Å². The molecular formula is C13H22O3. The van der Waals surface area contributed by atoms with Crippen LogP contribution in [-0.4, -0.2) is 22.1 Å². The molecule has 3 heteroatoms. The van der Waals surface area contributed by atoms with Gasteiger partial charge in [0.15, 0.2) is 6.29 Å². The van der Waals surface area contributed by atoms with Crippen LogP contribution in [0.1, 0.15) is 34.1 Å². The van der Waals surface area contributed by atoms with E-state index in [1.165, 1.54) is 12.2 Å². The van der Waals surface area contributed by atoms with Crippen molar-refractivity contribution in [1.82, 2.24) is 0 Å². The Morgan fingerprint density at radius 2 is 1.94 bits per heavy atom. The summed E-state index contributed by atoms with van der Waals surface area (Å²) < 4.78 is 5.30. The second-order valence-electron chi connectivity index (χ2n) is 4.53. The lowest BCUT2D eigenvalue weighted by molar-refractivity contribution is -0.142. The van der Waals surface area contributed by atoms with Crippen molar-refractivity contribution < 1.29 is 14.9 Å². The fourth-order valence-electron chi connectivity index (χ4n) is 0.962. The van der Waals surface area contributed by atoms with Crippen LogP contribution >= 0.6 is 0 Å². The third-order valence-electron chi connectivity index (χ3n) is 1.66. The van der Waals surface area contributed by atoms with Crippen LogP contribution in [0.2, 0.25) is 0 Å². The van der Waals surface area contributed by atoms with E-state index in [9.17, 15) is 10.2 Å². The van der Waals surface area contributed by atoms with Gasteiger partial charge >= 0.3 is 0 Å². The molecule has 2 N–H and O–H groups in total. The predicted molar refractivity (Wildman–Crippen MR) is 66.1 cm³/mol. The molecule has 0 saturated carbocycles. The molecule has 0 rings (SSSR count). The third-order valence-corrected chi connectivity index (χ3v) is 1.66. The van der Waals surface area contributed by atoms with Crippen molar-refractivity contribution >= 4 is 0 Å². The standard InChI is InChI=1S/C13H22O3/c1-6-7-11(14)9-8-10(2)12(15)16-13(3,4)5/h7-9,12,14-15H,2,6H2,1,3-5H3/b9-8-,11-7+. The topological polar surface area (TPSA) is 49.7 Å². The molecule has 0 fully saturated rings. The Hall–Kier alpha value is -1.06. The summed E-state index contributed by atoms with van der Waals surface area (Å²) in [5.74, 6) is 0.159. The van der Waals surface area contributed by atoms with E-state index in [0.717, 1.165) is 6.42 Å². The lowest BCUT2D eigenvalue weighted by Crippen LogP contribution is -2.27. The molecule has 0 aliphatic carbocycles. The van der Waals surface area contributed by atoms with Gasteiger partial charge < -0.3 is 14.9 Å². The van der Waals surface area contributed by atoms with E-state index >= 15 is 0 Å². The van der Waals surface area contributed by atoms with Crippen LogP contribution in [0.25, 0.3) is 0 Å². The maximum atomic E-state index is 9.62. The molecule has 3 nitrogen and oxygen atoms in total. The Morgan fingerprint density at radius 1 is 1.38 bits per heavy atom. The van der Waals surface area contributed by atoms with Crippen molar-refractivity contribution in [2.45, 2.75) is 46.0 Å². The predicted octanol–water partition coefficient (Wildman–Crippen LogP) is 3.08. The zero-order chi connectivity index (χ0) is 12.8. The van der Waals surface area contributed by atoms with Crippen molar-refractivity contribution in [2.75, 3.05) is 0 Å². The minimum atomic E-state index is -1.05. The molecular weight excluding hydrogens is 204 g/mol. The second kappa shape index (κ2) is 6.51. The zero-order valence-electron chi connectivity index (χ0n) is 10.5. The molecule has 0 aromatic carbocycles. The van der Waals surface area contributed by atoms with Crippen LogP contribution in [-0.2, 0) is 4.74 Å². The van der Waals surface area contributed by atoms with Crippen molar-refractivity contribution in [1.29, 1.82) is 0 Å². The molecule has 0 heterocycles. The van der Waals surface area contributed by atoms with Gasteiger partial charge in [0.1, 0.15) is 5.76 Å². The van der Waals surface area contributed by atoms with Gasteiger partial charge in [0.05, 0.1) is 5.60 Å². The highest BCUT2D eigenvalue weighted by Gasteiger charge is 2.17. The minimum Gasteiger partial charge on any atom is -0.508 e. The number of ether oxygens (including phenoxy) is 1. The third kappa shape index (κ3) is 7.26. The Labute approximate surface area is 97.8 Å². The van der Waals surface area contributed by atoms with E-state index in [1.807, 2.05) is 27.7 Å². The highest BCUT2D eigenvalue weighted by molar-refractivity contribution is 5.23. The molecule has 0 radical (unpaired) electrons. The van der Waals surface area contributed by atoms with E-state index in [1.54, 1.807) is 6.08 Å². The lowest BCUT2D eigenvalue weighted by Gasteiger charge is -2.24. The van der Waals surface area contributed by atoms with E-state index in [2.05, 4.69) is 6.58 Å². The number of rotatable bonds is 5. The number of aliphatic hydroxyl groups excluding tert-OH is 2. The average Bonchev–Trinajstić information content (AvgIpc) is 2.11. The lowest BCUT2D eigenvalue weighted by atomic mass is 10.2. The molecule has 0 aromatic heterocycles. The zero-order valence-corrected chi connectivity index (χ0v) is 10.5. The normalized spacial score (nSPS) is 15.4. The van der Waals surface area contributed by atoms with Crippen LogP contribution in [0.15, 0.2) is 36.1 Å². The van der Waals surface area contributed by atoms with E-state index in [0.29, 0.717) is 5.57 Å². The van der Waals surface area contributed by atoms with Gasteiger partial charge in [0, 0.05) is 5.57 Å². The first-order valence-corrected chi connectivity index (χ1v) is 5.38. The Kier molecular flexibility index (Phi) is 6.08. The number of aliphatic hydroxyl groups is 2. The summed E-state index contributed by atoms with van der Waals surface area (Å²) >= 11 is 0. The first-order chi connectivity index (χ1) is 7.26. The highest BCUT2D eigenvalue weighted by atomic mass is 16.6. The van der Waals surface area contributed by atoms with Gasteiger partial charge in [-0.05, 0) is 39.3 Å². The highest BCUT2D eigenvalue weighted by Crippen LogP contribution is 2.14. The van der Waals surface area contributed by atoms with Gasteiger partial charge in [0.25, 0.3) is 0 Å². The molecule has 0 amide bonds. The Bertz CT molecular complexity index is 282. The Balaban J connectivity index is 4.31. The smallest absolute Gasteiger partial charge is 0.181 e. The van der Waals surface area contributed by atoms with Gasteiger partial charge in [-0.2, -0.15) is 0 Å². The molecule has 0 saturated heterocycles. The largest absolute Gasteiger partial charge is 0.508 e. The van der Waals surface area contributed by atoms with Gasteiger partial charge in [-0.3, -0.25) is 0 Å². The van der Waals surface area contributed by atoms with Gasteiger partial charge in [-0.1, -0.05) is 19.6 Å². The monoisotopic (exact) mass is 226 g/mol. The van der Waals surface area contributed by atoms with Crippen molar-refractivity contribution in [3.05, 3.63) is 36.1 Å². The molecule has 1 unspecified atom stereocenters. The van der Waals surface area contributed by atoms with Crippen LogP contribution in [0.4, 0.5) is 0 Å². The van der Waals surface area contributed by atoms with Gasteiger partial charge in [-0.15, -0.1) is 0 Å². The van der Waals surface area contributed by atoms with Crippen molar-refractivity contribution in [3.63, 3.8) is 0 Å². The average molecular weight is 226 g/mol. The molecule has 1 atom stereocenters. The molecule has 0 aliphatic rings. The summed E-state index contributed by atoms with van der Waals surface area (Å²) in [6.45, 7) is 11.1. The number of hydrogen-bond donors (Lipinski definition) is 2. The fourth-order valence-corrected chi connectivity index (χ4v) is 0.962. The maximum absolute atomic E-state index is 9.62. The van der Waals surface area contributed by atoms with Crippen LogP contribution in [0, 0.1) is 0 Å². The first-order valence-electron chi connectivity index (χ1n) is 5.38. The molecule has 16 heavy (non-hydrogen) atoms. The maximum Gasteiger partial charge on any atom is 0.181 e. The van der Waals surface area contributed by atoms with Crippen LogP contribution < -0.4 is 0 Å². The van der Waals surface area contributed by atoms with Crippen LogP contribution in [0.3, 0.4) is 0 Å². The molecule has 0 aliphatic heterocycles. The molecule has 0 spiro atoms. The molecule has 0 aromatic rings. The SMILES string of the molecule is C=C(/C=C\C(O)=C/CC)C(O)OC(C)(C)C. The number of allylic oxidation sites excluding steroid dienone is 2. The van der Waals surface area contributed by atoms with E-state index in [4.69, 9.17) is 4.74 Å². The summed E-state index contributed by atoms with van der Waals surface area (Å²) in [7, 11) is 0. The second-order valence-corrected chi connectivity index (χ2v) is 4.53. The fraction of sp³-hybridized carbons (Fsp3) is 0.538. The van der Waals surface area contributed by atoms with Gasteiger partial charge in [0.2, 0.25) is 0 Å². The summed E-state index contributed by atoms with van der Waals surface area (Å²) in [6, 6.07) is 0. The summed E-state index contributed by atoms with van der Waals surface area (Å²) in [4.78, 5) is 0. The van der Waals surface area contributed by atoms with E-state index < -0.39 is 11.9 Å². The summed E-state index contributed by atoms with van der Waals surface area (Å²) in [5, 5.41) is 18.9. The van der Waals surface area contributed by atoms with Crippen molar-refractivity contribution in [3.8, 4) is 0 Å². The van der Waals surface area contributed by atoms with Crippen LogP contribution in [0.5, 0.6) is 0 Å². The first kappa shape index (κ1) is 14.9. The summed E-state index contributed by atoms with van der Waals surface area (Å²) in [5.41, 5.74) is -0.0247. The quantitative estimate of drug-likeness (QED) is 0.430. The number of hydrogen-bond acceptors (Lipinski definition) is 3. The summed E-state index contributed by atoms with van der Waals surface area (Å²) in [6.07, 6.45) is 4.40. The van der Waals surface area contributed by atoms with Gasteiger partial charge in [-0.25, -0.2) is 0 Å². The molecule has 0 bridgehead atoms. The molecule has 92 valence electrons. The minimum absolute atomic E-state index is 0.159.